The molecule has 6 nitrogen and oxygen atoms in total. The van der Waals surface area contributed by atoms with Crippen molar-refractivity contribution < 1.29 is 25.8 Å². The van der Waals surface area contributed by atoms with E-state index >= 15 is 0 Å². The Morgan fingerprint density at radius 2 is 1.09 bits per heavy atom. The van der Waals surface area contributed by atoms with Crippen LogP contribution in [0.3, 0.4) is 0 Å². The zero-order valence-corrected chi connectivity index (χ0v) is 45.5. The summed E-state index contributed by atoms with van der Waals surface area (Å²) in [4.78, 5) is 12.2. The Labute approximate surface area is 449 Å². The predicted octanol–water partition coefficient (Wildman–Crippen LogP) is 17.3. The topological polar surface area (TPSA) is 36.8 Å². The second-order valence-electron chi connectivity index (χ2n) is 23.0. The van der Waals surface area contributed by atoms with E-state index in [0.717, 1.165) is 55.9 Å². The van der Waals surface area contributed by atoms with Crippen molar-refractivity contribution in [3.05, 3.63) is 228 Å². The molecule has 14 rings (SSSR count). The monoisotopic (exact) mass is 1140 g/mol. The number of para-hydroxylation sites is 4. The number of fused-ring (bicyclic) bond motifs is 4. The van der Waals surface area contributed by atoms with Gasteiger partial charge in [-0.1, -0.05) is 159 Å². The molecule has 0 unspecified atom stereocenters. The fourth-order valence-corrected chi connectivity index (χ4v) is 12.6. The normalized spacial score (nSPS) is 16.0. The molecular formula is C67H56N5OPt-3. The third-order valence-electron chi connectivity index (χ3n) is 16.6. The maximum absolute atomic E-state index is 6.78. The molecule has 0 atom stereocenters. The van der Waals surface area contributed by atoms with Gasteiger partial charge in [-0.15, -0.1) is 48.1 Å². The van der Waals surface area contributed by atoms with Gasteiger partial charge in [-0.05, 0) is 103 Å². The van der Waals surface area contributed by atoms with Crippen molar-refractivity contribution in [3.8, 4) is 28.4 Å². The number of aromatic nitrogens is 2. The van der Waals surface area contributed by atoms with Gasteiger partial charge in [-0.2, -0.15) is 12.1 Å². The zero-order valence-electron chi connectivity index (χ0n) is 43.2. The van der Waals surface area contributed by atoms with Crippen LogP contribution in [0.1, 0.15) is 101 Å². The van der Waals surface area contributed by atoms with Crippen LogP contribution in [0.15, 0.2) is 170 Å². The van der Waals surface area contributed by atoms with Gasteiger partial charge in [0.15, 0.2) is 0 Å². The summed E-state index contributed by atoms with van der Waals surface area (Å²) in [7, 11) is 0. The summed E-state index contributed by atoms with van der Waals surface area (Å²) in [5.41, 5.74) is 21.2. The summed E-state index contributed by atoms with van der Waals surface area (Å²) >= 11 is 0. The molecule has 4 aliphatic heterocycles. The predicted molar refractivity (Wildman–Crippen MR) is 299 cm³/mol. The number of nitrogens with zero attached hydrogens (tertiary/aromatic N) is 5. The molecule has 0 aliphatic carbocycles. The Balaban J connectivity index is 0.00000528. The van der Waals surface area contributed by atoms with Gasteiger partial charge >= 0.3 is 0 Å². The number of benzene rings is 8. The van der Waals surface area contributed by atoms with Gasteiger partial charge in [-0.25, -0.2) is 4.98 Å². The number of hydrogen-bond donors (Lipinski definition) is 0. The Morgan fingerprint density at radius 3 is 1.74 bits per heavy atom. The van der Waals surface area contributed by atoms with Gasteiger partial charge in [-0.3, -0.25) is 0 Å². The molecule has 0 N–H and O–H groups in total. The molecule has 74 heavy (non-hydrogen) atoms. The standard InChI is InChI=1S/C67H56N5O.Pt/c1-64(2,3)43-32-33-68-60(35-43)71-56-31-28-42(41-18-11-10-12-19-41)34-49(56)48-30-29-47(39-59(48)71)73-46-21-15-20-44(36-46)69-40-70(58-27-14-13-26-57(58)69)45-37-54-63-55(38-45)67(8,9)53-25-17-23-51-62(53)72(63)61-50(65(51,4)5)22-16-24-52(61)66(54,6)7;/h10-35,37-38,40H,1-9H3;/q-3;. The van der Waals surface area contributed by atoms with Crippen molar-refractivity contribution in [1.82, 2.24) is 9.55 Å². The van der Waals surface area contributed by atoms with Crippen molar-refractivity contribution in [2.24, 2.45) is 0 Å². The first-order valence-electron chi connectivity index (χ1n) is 25.6. The average molecular weight is 1140 g/mol. The first-order chi connectivity index (χ1) is 35.1. The van der Waals surface area contributed by atoms with E-state index < -0.39 is 0 Å². The minimum atomic E-state index is -0.261. The first-order valence-corrected chi connectivity index (χ1v) is 25.6. The Hall–Kier alpha value is -7.40. The molecule has 6 heterocycles. The number of hydrogen-bond acceptors (Lipinski definition) is 5. The molecular weight excluding hydrogens is 1090 g/mol. The summed E-state index contributed by atoms with van der Waals surface area (Å²) in [6, 6.07) is 66.8. The van der Waals surface area contributed by atoms with Crippen LogP contribution in [0, 0.1) is 18.8 Å². The Bertz CT molecular complexity index is 3880. The molecule has 0 amide bonds. The molecule has 0 fully saturated rings. The van der Waals surface area contributed by atoms with Crippen LogP contribution in [0.5, 0.6) is 11.5 Å². The number of pyridine rings is 1. The molecule has 0 radical (unpaired) electrons. The summed E-state index contributed by atoms with van der Waals surface area (Å²) in [6.07, 6.45) is 1.92. The SMILES string of the molecule is CC(C)(C)c1ccnc(-n2c3[c-]c(Oc4[c-]c(N5[CH-]N(c6cc7c8c(c6)C(C)(C)c6cccc9c6N8c6c(cccc6C7(C)C)C9(C)C)c6ccccc65)ccc4)ccc3c3cc(-c4ccccc4)ccc32)c1.[Pt]. The van der Waals surface area contributed by atoms with Crippen LogP contribution in [-0.2, 0) is 42.7 Å². The van der Waals surface area contributed by atoms with Crippen molar-refractivity contribution in [1.29, 1.82) is 0 Å². The van der Waals surface area contributed by atoms with E-state index in [1.807, 2.05) is 24.4 Å². The number of ether oxygens (including phenoxy) is 1. The van der Waals surface area contributed by atoms with Crippen molar-refractivity contribution in [2.45, 2.75) is 84.0 Å². The second kappa shape index (κ2) is 16.0. The van der Waals surface area contributed by atoms with Crippen molar-refractivity contribution in [3.63, 3.8) is 0 Å². The molecule has 0 bridgehead atoms. The number of rotatable bonds is 6. The third-order valence-corrected chi connectivity index (χ3v) is 16.6. The largest absolute Gasteiger partial charge is 0.509 e. The van der Waals surface area contributed by atoms with Crippen molar-refractivity contribution >= 4 is 61.6 Å². The van der Waals surface area contributed by atoms with E-state index in [0.29, 0.717) is 11.5 Å². The Morgan fingerprint density at radius 1 is 0.514 bits per heavy atom. The molecule has 8 aromatic carbocycles. The summed E-state index contributed by atoms with van der Waals surface area (Å²) < 4.78 is 9.00. The fourth-order valence-electron chi connectivity index (χ4n) is 12.6. The van der Waals surface area contributed by atoms with Crippen molar-refractivity contribution in [2.75, 3.05) is 14.7 Å². The zero-order chi connectivity index (χ0) is 49.9. The quantitative estimate of drug-likeness (QED) is 0.155. The van der Waals surface area contributed by atoms with Gasteiger partial charge in [0.25, 0.3) is 0 Å². The van der Waals surface area contributed by atoms with E-state index in [1.165, 1.54) is 61.6 Å². The molecule has 4 aliphatic rings. The third kappa shape index (κ3) is 6.56. The van der Waals surface area contributed by atoms with Crippen LogP contribution >= 0.6 is 0 Å². The van der Waals surface area contributed by atoms with Gasteiger partial charge in [0.2, 0.25) is 0 Å². The molecule has 0 saturated carbocycles. The summed E-state index contributed by atoms with van der Waals surface area (Å²) in [6.45, 7) is 23.4. The first kappa shape index (κ1) is 46.4. The van der Waals surface area contributed by atoms with Gasteiger partial charge in [0.05, 0.1) is 17.1 Å². The minimum absolute atomic E-state index is 0. The van der Waals surface area contributed by atoms with E-state index in [4.69, 9.17) is 9.72 Å². The molecule has 7 heteroatoms. The molecule has 2 aromatic heterocycles. The van der Waals surface area contributed by atoms with Crippen LogP contribution in [0.4, 0.5) is 39.8 Å². The smallest absolute Gasteiger partial charge is 0.135 e. The van der Waals surface area contributed by atoms with E-state index in [9.17, 15) is 0 Å². The van der Waals surface area contributed by atoms with Gasteiger partial charge in [0.1, 0.15) is 5.82 Å². The number of anilines is 7. The molecule has 10 aromatic rings. The second-order valence-corrected chi connectivity index (χ2v) is 23.0. The van der Waals surface area contributed by atoms with Crippen LogP contribution in [0.25, 0.3) is 38.8 Å². The van der Waals surface area contributed by atoms with Gasteiger partial charge < -0.3 is 24.0 Å². The summed E-state index contributed by atoms with van der Waals surface area (Å²) in [5.74, 6) is 2.04. The average Bonchev–Trinajstić information content (AvgIpc) is 3.94. The van der Waals surface area contributed by atoms with Crippen LogP contribution in [-0.4, -0.2) is 9.55 Å². The van der Waals surface area contributed by atoms with E-state index in [1.54, 1.807) is 0 Å². The maximum atomic E-state index is 6.78. The molecule has 0 saturated heterocycles. The maximum Gasteiger partial charge on any atom is 0.135 e. The van der Waals surface area contributed by atoms with Crippen LogP contribution in [0.2, 0.25) is 0 Å². The van der Waals surface area contributed by atoms with Crippen LogP contribution < -0.4 is 19.4 Å². The fraction of sp³-hybridized carbons (Fsp3) is 0.194. The van der Waals surface area contributed by atoms with Gasteiger partial charge in [0, 0.05) is 77.6 Å². The van der Waals surface area contributed by atoms with E-state index in [-0.39, 0.29) is 42.7 Å². The van der Waals surface area contributed by atoms with E-state index in [2.05, 4.69) is 246 Å². The minimum Gasteiger partial charge on any atom is -0.509 e. The Kier molecular flexibility index (Phi) is 10.1. The summed E-state index contributed by atoms with van der Waals surface area (Å²) in [5, 5.41) is 2.21. The molecule has 368 valence electrons. The molecule has 0 spiro atoms.